The van der Waals surface area contributed by atoms with E-state index < -0.39 is 5.54 Å². The van der Waals surface area contributed by atoms with Gasteiger partial charge in [-0.05, 0) is 44.0 Å². The number of carbonyl (C=O) groups excluding carboxylic acids is 1. The van der Waals surface area contributed by atoms with E-state index in [1.54, 1.807) is 35.0 Å². The highest BCUT2D eigenvalue weighted by molar-refractivity contribution is 6.30. The van der Waals surface area contributed by atoms with Gasteiger partial charge in [-0.15, -0.1) is 0 Å². The number of hydrogen-bond donors (Lipinski definition) is 1. The van der Waals surface area contributed by atoms with Gasteiger partial charge >= 0.3 is 0 Å². The first-order valence-corrected chi connectivity index (χ1v) is 9.84. The van der Waals surface area contributed by atoms with Gasteiger partial charge in [-0.3, -0.25) is 14.2 Å². The first-order chi connectivity index (χ1) is 14.4. The molecular weight excluding hydrogens is 406 g/mol. The Morgan fingerprint density at radius 1 is 1.27 bits per heavy atom. The molecule has 4 rings (SSSR count). The van der Waals surface area contributed by atoms with Crippen molar-refractivity contribution in [2.75, 3.05) is 7.11 Å². The Hall–Kier alpha value is -3.26. The van der Waals surface area contributed by atoms with Gasteiger partial charge in [-0.1, -0.05) is 11.6 Å². The topological polar surface area (TPSA) is 99.0 Å². The summed E-state index contributed by atoms with van der Waals surface area (Å²) in [5.74, 6) is 0.539. The normalized spacial score (nSPS) is 17.8. The van der Waals surface area contributed by atoms with Crippen LogP contribution in [0.3, 0.4) is 0 Å². The molecule has 1 aliphatic rings. The van der Waals surface area contributed by atoms with Crippen LogP contribution in [-0.2, 0) is 12.1 Å². The number of benzene rings is 1. The second-order valence-corrected chi connectivity index (χ2v) is 7.72. The zero-order chi connectivity index (χ0) is 21.3. The average Bonchev–Trinajstić information content (AvgIpc) is 2.74. The van der Waals surface area contributed by atoms with E-state index in [4.69, 9.17) is 21.3 Å². The van der Waals surface area contributed by atoms with Crippen molar-refractivity contribution < 1.29 is 9.53 Å². The number of rotatable bonds is 4. The summed E-state index contributed by atoms with van der Waals surface area (Å²) in [6, 6.07) is 7.98. The molecule has 1 aliphatic heterocycles. The maximum absolute atomic E-state index is 13.1. The summed E-state index contributed by atoms with van der Waals surface area (Å²) in [6.07, 6.45) is 4.36. The lowest BCUT2D eigenvalue weighted by atomic mass is 9.90. The molecule has 30 heavy (non-hydrogen) atoms. The molecule has 154 valence electrons. The lowest BCUT2D eigenvalue weighted by molar-refractivity contribution is 0.0877. The quantitative estimate of drug-likeness (QED) is 0.690. The lowest BCUT2D eigenvalue weighted by Crippen LogP contribution is -2.50. The summed E-state index contributed by atoms with van der Waals surface area (Å²) in [5.41, 5.74) is 0.318. The van der Waals surface area contributed by atoms with Gasteiger partial charge < -0.3 is 10.1 Å². The molecule has 2 aromatic heterocycles. The molecule has 1 unspecified atom stereocenters. The number of fused-ring (bicyclic) bond motifs is 1. The molecule has 1 amide bonds. The van der Waals surface area contributed by atoms with Crippen molar-refractivity contribution in [3.8, 4) is 17.1 Å². The molecule has 8 nitrogen and oxygen atoms in total. The number of halogens is 1. The van der Waals surface area contributed by atoms with Crippen molar-refractivity contribution in [2.24, 2.45) is 0 Å². The molecule has 1 atom stereocenters. The maximum atomic E-state index is 13.1. The van der Waals surface area contributed by atoms with Crippen molar-refractivity contribution in [3.63, 3.8) is 0 Å². The molecule has 0 spiro atoms. The van der Waals surface area contributed by atoms with E-state index in [-0.39, 0.29) is 11.5 Å². The van der Waals surface area contributed by atoms with Gasteiger partial charge in [0.1, 0.15) is 17.9 Å². The van der Waals surface area contributed by atoms with Crippen LogP contribution in [0.15, 0.2) is 47.7 Å². The molecule has 0 saturated carbocycles. The lowest BCUT2D eigenvalue weighted by Gasteiger charge is -2.36. The summed E-state index contributed by atoms with van der Waals surface area (Å²) in [5, 5.41) is 3.52. The second-order valence-electron chi connectivity index (χ2n) is 7.28. The molecule has 0 aliphatic carbocycles. The smallest absolute Gasteiger partial charge is 0.255 e. The van der Waals surface area contributed by atoms with Crippen LogP contribution in [-0.4, -0.2) is 32.5 Å². The van der Waals surface area contributed by atoms with Crippen molar-refractivity contribution in [1.29, 1.82) is 0 Å². The molecule has 1 N–H and O–H groups in total. The van der Waals surface area contributed by atoms with Gasteiger partial charge in [0.25, 0.3) is 11.5 Å². The summed E-state index contributed by atoms with van der Waals surface area (Å²) in [4.78, 5) is 38.7. The monoisotopic (exact) mass is 425 g/mol. The minimum Gasteiger partial charge on any atom is -0.496 e. The predicted molar refractivity (Wildman–Crippen MR) is 112 cm³/mol. The molecule has 0 fully saturated rings. The number of amides is 1. The van der Waals surface area contributed by atoms with E-state index in [0.717, 1.165) is 6.42 Å². The Kier molecular flexibility index (Phi) is 5.26. The fourth-order valence-corrected chi connectivity index (χ4v) is 3.87. The van der Waals surface area contributed by atoms with Crippen molar-refractivity contribution >= 4 is 17.5 Å². The van der Waals surface area contributed by atoms with Crippen LogP contribution in [0.1, 0.15) is 35.9 Å². The van der Waals surface area contributed by atoms with Gasteiger partial charge in [0.15, 0.2) is 0 Å². The Bertz CT molecular complexity index is 1170. The third kappa shape index (κ3) is 3.66. The Labute approximate surface area is 177 Å². The van der Waals surface area contributed by atoms with Gasteiger partial charge in [-0.2, -0.15) is 0 Å². The molecule has 0 radical (unpaired) electrons. The third-order valence-electron chi connectivity index (χ3n) is 5.20. The standard InChI is InChI=1S/C21H20ClN5O3/c1-21(26-19(29)14-5-4-13(22)10-17(14)30-2)7-3-9-27-18(28)11-16(25-20(21)27)15-6-8-23-12-24-15/h4-6,8,10-12H,3,7,9H2,1-2H3,(H,26,29). The number of methoxy groups -OCH3 is 1. The van der Waals surface area contributed by atoms with Crippen molar-refractivity contribution in [3.05, 3.63) is 69.6 Å². The number of carbonyl (C=O) groups is 1. The molecule has 9 heteroatoms. The summed E-state index contributed by atoms with van der Waals surface area (Å²) < 4.78 is 6.91. The summed E-state index contributed by atoms with van der Waals surface area (Å²) in [6.45, 7) is 2.41. The van der Waals surface area contributed by atoms with E-state index in [1.165, 1.54) is 19.5 Å². The van der Waals surface area contributed by atoms with Gasteiger partial charge in [0.2, 0.25) is 0 Å². The van der Waals surface area contributed by atoms with E-state index in [0.29, 0.717) is 46.5 Å². The average molecular weight is 426 g/mol. The highest BCUT2D eigenvalue weighted by Crippen LogP contribution is 2.31. The molecule has 1 aromatic carbocycles. The fraction of sp³-hybridized carbons (Fsp3) is 0.286. The SMILES string of the molecule is COc1cc(Cl)ccc1C(=O)NC1(C)CCCn2c1nc(-c1ccncn1)cc2=O. The van der Waals surface area contributed by atoms with Gasteiger partial charge in [-0.25, -0.2) is 15.0 Å². The second kappa shape index (κ2) is 7.87. The van der Waals surface area contributed by atoms with Gasteiger partial charge in [0.05, 0.1) is 29.6 Å². The van der Waals surface area contributed by atoms with Crippen LogP contribution in [0.4, 0.5) is 0 Å². The number of hydrogen-bond acceptors (Lipinski definition) is 6. The molecule has 0 saturated heterocycles. The Balaban J connectivity index is 1.75. The number of nitrogens with zero attached hydrogens (tertiary/aromatic N) is 4. The van der Waals surface area contributed by atoms with Crippen molar-refractivity contribution in [2.45, 2.75) is 31.8 Å². The number of aromatic nitrogens is 4. The fourth-order valence-electron chi connectivity index (χ4n) is 3.71. The Morgan fingerprint density at radius 2 is 2.10 bits per heavy atom. The zero-order valence-electron chi connectivity index (χ0n) is 16.6. The van der Waals surface area contributed by atoms with Crippen LogP contribution >= 0.6 is 11.6 Å². The van der Waals surface area contributed by atoms with Crippen LogP contribution in [0.2, 0.25) is 5.02 Å². The maximum Gasteiger partial charge on any atom is 0.255 e. The highest BCUT2D eigenvalue weighted by Gasteiger charge is 2.37. The van der Waals surface area contributed by atoms with Crippen LogP contribution in [0, 0.1) is 0 Å². The highest BCUT2D eigenvalue weighted by atomic mass is 35.5. The molecule has 3 heterocycles. The summed E-state index contributed by atoms with van der Waals surface area (Å²) in [7, 11) is 1.48. The van der Waals surface area contributed by atoms with E-state index in [9.17, 15) is 9.59 Å². The molecular formula is C21H20ClN5O3. The van der Waals surface area contributed by atoms with E-state index >= 15 is 0 Å². The first-order valence-electron chi connectivity index (χ1n) is 9.46. The van der Waals surface area contributed by atoms with Gasteiger partial charge in [0, 0.05) is 23.8 Å². The van der Waals surface area contributed by atoms with E-state index in [2.05, 4.69) is 15.3 Å². The Morgan fingerprint density at radius 3 is 2.83 bits per heavy atom. The number of ether oxygens (including phenoxy) is 1. The molecule has 3 aromatic rings. The summed E-state index contributed by atoms with van der Waals surface area (Å²) >= 11 is 6.01. The van der Waals surface area contributed by atoms with Crippen LogP contribution in [0.5, 0.6) is 5.75 Å². The van der Waals surface area contributed by atoms with Crippen molar-refractivity contribution in [1.82, 2.24) is 24.8 Å². The largest absolute Gasteiger partial charge is 0.496 e. The minimum atomic E-state index is -0.845. The number of nitrogens with one attached hydrogen (secondary N) is 1. The van der Waals surface area contributed by atoms with Crippen LogP contribution in [0.25, 0.3) is 11.4 Å². The third-order valence-corrected chi connectivity index (χ3v) is 5.44. The predicted octanol–water partition coefficient (Wildman–Crippen LogP) is 2.80. The molecule has 0 bridgehead atoms. The zero-order valence-corrected chi connectivity index (χ0v) is 17.3. The first kappa shape index (κ1) is 20.0. The minimum absolute atomic E-state index is 0.183. The van der Waals surface area contributed by atoms with Crippen LogP contribution < -0.4 is 15.6 Å². The van der Waals surface area contributed by atoms with E-state index in [1.807, 2.05) is 6.92 Å².